The van der Waals surface area contributed by atoms with E-state index in [-0.39, 0.29) is 0 Å². The van der Waals surface area contributed by atoms with E-state index in [4.69, 9.17) is 0 Å². The Morgan fingerprint density at radius 2 is 2.15 bits per heavy atom. The molecule has 0 spiro atoms. The lowest BCUT2D eigenvalue weighted by atomic mass is 9.99. The third-order valence-electron chi connectivity index (χ3n) is 4.87. The third-order valence-corrected chi connectivity index (χ3v) is 4.87. The molecule has 2 aliphatic rings. The Labute approximate surface area is 122 Å². The topological polar surface area (TPSA) is 31.4 Å². The standard InChI is InChI=1S/C16H26N4/c1-13(17-2)14-6-7-16(18-11-14)20-10-9-19-8-4-3-5-15(19)12-20/h6-7,11,13,15,17H,3-5,8-10,12H2,1-2H3. The van der Waals surface area contributed by atoms with E-state index < -0.39 is 0 Å². The molecule has 4 heteroatoms. The Balaban J connectivity index is 1.67. The van der Waals surface area contributed by atoms with Crippen LogP contribution in [0, 0.1) is 0 Å². The van der Waals surface area contributed by atoms with Crippen LogP contribution in [0.2, 0.25) is 0 Å². The number of anilines is 1. The van der Waals surface area contributed by atoms with Crippen LogP contribution in [0.5, 0.6) is 0 Å². The largest absolute Gasteiger partial charge is 0.354 e. The van der Waals surface area contributed by atoms with Crippen molar-refractivity contribution in [3.05, 3.63) is 23.9 Å². The third kappa shape index (κ3) is 2.81. The molecule has 2 aliphatic heterocycles. The first-order valence-corrected chi connectivity index (χ1v) is 7.90. The summed E-state index contributed by atoms with van der Waals surface area (Å²) in [4.78, 5) is 9.80. The van der Waals surface area contributed by atoms with E-state index in [9.17, 15) is 0 Å². The molecule has 0 amide bonds. The first-order valence-electron chi connectivity index (χ1n) is 7.90. The van der Waals surface area contributed by atoms with Crippen molar-refractivity contribution < 1.29 is 0 Å². The van der Waals surface area contributed by atoms with Gasteiger partial charge in [-0.05, 0) is 45.0 Å². The minimum absolute atomic E-state index is 0.367. The van der Waals surface area contributed by atoms with Gasteiger partial charge in [0.1, 0.15) is 5.82 Å². The summed E-state index contributed by atoms with van der Waals surface area (Å²) in [5.41, 5.74) is 1.26. The van der Waals surface area contributed by atoms with Crippen LogP contribution in [-0.4, -0.2) is 49.2 Å². The monoisotopic (exact) mass is 274 g/mol. The maximum atomic E-state index is 4.68. The number of nitrogens with one attached hydrogen (secondary N) is 1. The number of hydrogen-bond donors (Lipinski definition) is 1. The molecule has 3 heterocycles. The fourth-order valence-corrected chi connectivity index (χ4v) is 3.37. The van der Waals surface area contributed by atoms with Crippen LogP contribution in [0.1, 0.15) is 37.8 Å². The normalized spacial score (nSPS) is 25.3. The molecular weight excluding hydrogens is 248 g/mol. The Morgan fingerprint density at radius 1 is 1.25 bits per heavy atom. The van der Waals surface area contributed by atoms with Gasteiger partial charge in [-0.15, -0.1) is 0 Å². The summed E-state index contributed by atoms with van der Waals surface area (Å²) < 4.78 is 0. The van der Waals surface area contributed by atoms with Crippen LogP contribution in [-0.2, 0) is 0 Å². The van der Waals surface area contributed by atoms with Gasteiger partial charge in [0.15, 0.2) is 0 Å². The Bertz CT molecular complexity index is 431. The van der Waals surface area contributed by atoms with Crippen LogP contribution in [0.15, 0.2) is 18.3 Å². The number of hydrogen-bond acceptors (Lipinski definition) is 4. The highest BCUT2D eigenvalue weighted by Crippen LogP contribution is 2.24. The van der Waals surface area contributed by atoms with E-state index >= 15 is 0 Å². The van der Waals surface area contributed by atoms with E-state index in [1.165, 1.54) is 37.9 Å². The fraction of sp³-hybridized carbons (Fsp3) is 0.688. The predicted molar refractivity (Wildman–Crippen MR) is 83.1 cm³/mol. The Kier molecular flexibility index (Phi) is 4.22. The van der Waals surface area contributed by atoms with Crippen molar-refractivity contribution in [2.45, 2.75) is 38.3 Å². The van der Waals surface area contributed by atoms with Crippen molar-refractivity contribution in [3.63, 3.8) is 0 Å². The zero-order valence-corrected chi connectivity index (χ0v) is 12.7. The van der Waals surface area contributed by atoms with Crippen molar-refractivity contribution in [2.24, 2.45) is 0 Å². The molecule has 0 aromatic carbocycles. The van der Waals surface area contributed by atoms with Crippen LogP contribution < -0.4 is 10.2 Å². The molecule has 3 rings (SSSR count). The van der Waals surface area contributed by atoms with E-state index in [1.807, 2.05) is 13.2 Å². The number of piperidine rings is 1. The van der Waals surface area contributed by atoms with Gasteiger partial charge in [0.2, 0.25) is 0 Å². The molecule has 4 nitrogen and oxygen atoms in total. The smallest absolute Gasteiger partial charge is 0.128 e. The second kappa shape index (κ2) is 6.10. The second-order valence-electron chi connectivity index (χ2n) is 6.09. The van der Waals surface area contributed by atoms with Gasteiger partial charge in [-0.1, -0.05) is 12.5 Å². The molecule has 0 saturated carbocycles. The number of pyridine rings is 1. The quantitative estimate of drug-likeness (QED) is 0.914. The first-order chi connectivity index (χ1) is 9.78. The summed E-state index contributed by atoms with van der Waals surface area (Å²) >= 11 is 0. The summed E-state index contributed by atoms with van der Waals surface area (Å²) in [5, 5.41) is 3.26. The molecule has 0 aliphatic carbocycles. The summed E-state index contributed by atoms with van der Waals surface area (Å²) in [6.07, 6.45) is 6.14. The SMILES string of the molecule is CNC(C)c1ccc(N2CCN3CCCCC3C2)nc1. The second-order valence-corrected chi connectivity index (χ2v) is 6.09. The van der Waals surface area contributed by atoms with Crippen LogP contribution >= 0.6 is 0 Å². The van der Waals surface area contributed by atoms with Crippen molar-refractivity contribution >= 4 is 5.82 Å². The maximum Gasteiger partial charge on any atom is 0.128 e. The molecule has 20 heavy (non-hydrogen) atoms. The lowest BCUT2D eigenvalue weighted by Gasteiger charge is -2.44. The highest BCUT2D eigenvalue weighted by molar-refractivity contribution is 5.40. The number of rotatable bonds is 3. The van der Waals surface area contributed by atoms with E-state index in [2.05, 4.69) is 39.2 Å². The molecule has 2 saturated heterocycles. The fourth-order valence-electron chi connectivity index (χ4n) is 3.37. The Hall–Kier alpha value is -1.13. The first kappa shape index (κ1) is 13.8. The molecule has 2 atom stereocenters. The van der Waals surface area contributed by atoms with Crippen molar-refractivity contribution in [1.82, 2.24) is 15.2 Å². The minimum Gasteiger partial charge on any atom is -0.354 e. The van der Waals surface area contributed by atoms with Gasteiger partial charge in [-0.25, -0.2) is 4.98 Å². The van der Waals surface area contributed by atoms with Gasteiger partial charge in [-0.3, -0.25) is 4.90 Å². The van der Waals surface area contributed by atoms with Crippen LogP contribution in [0.3, 0.4) is 0 Å². The minimum atomic E-state index is 0.367. The molecule has 2 unspecified atom stereocenters. The van der Waals surface area contributed by atoms with Gasteiger partial charge in [-0.2, -0.15) is 0 Å². The maximum absolute atomic E-state index is 4.68. The van der Waals surface area contributed by atoms with E-state index in [0.29, 0.717) is 6.04 Å². The molecule has 1 N–H and O–H groups in total. The van der Waals surface area contributed by atoms with Crippen molar-refractivity contribution in [3.8, 4) is 0 Å². The highest BCUT2D eigenvalue weighted by Gasteiger charge is 2.29. The van der Waals surface area contributed by atoms with Gasteiger partial charge in [0.25, 0.3) is 0 Å². The predicted octanol–water partition coefficient (Wildman–Crippen LogP) is 2.04. The lowest BCUT2D eigenvalue weighted by molar-refractivity contribution is 0.133. The number of aromatic nitrogens is 1. The Morgan fingerprint density at radius 3 is 2.90 bits per heavy atom. The van der Waals surface area contributed by atoms with Crippen LogP contribution in [0.25, 0.3) is 0 Å². The number of nitrogens with zero attached hydrogens (tertiary/aromatic N) is 3. The van der Waals surface area contributed by atoms with Crippen molar-refractivity contribution in [2.75, 3.05) is 38.1 Å². The lowest BCUT2D eigenvalue weighted by Crippen LogP contribution is -2.55. The molecular formula is C16H26N4. The summed E-state index contributed by atoms with van der Waals surface area (Å²) in [6, 6.07) is 5.50. The average molecular weight is 274 g/mol. The van der Waals surface area contributed by atoms with E-state index in [0.717, 1.165) is 24.9 Å². The van der Waals surface area contributed by atoms with Gasteiger partial charge in [0.05, 0.1) is 0 Å². The van der Waals surface area contributed by atoms with Crippen LogP contribution in [0.4, 0.5) is 5.82 Å². The van der Waals surface area contributed by atoms with Gasteiger partial charge >= 0.3 is 0 Å². The zero-order valence-electron chi connectivity index (χ0n) is 12.7. The molecule has 110 valence electrons. The summed E-state index contributed by atoms with van der Waals surface area (Å²) in [5.74, 6) is 1.14. The zero-order chi connectivity index (χ0) is 13.9. The average Bonchev–Trinajstić information content (AvgIpc) is 2.54. The van der Waals surface area contributed by atoms with Crippen molar-refractivity contribution in [1.29, 1.82) is 0 Å². The van der Waals surface area contributed by atoms with Gasteiger partial charge < -0.3 is 10.2 Å². The molecule has 0 bridgehead atoms. The molecule has 0 radical (unpaired) electrons. The number of fused-ring (bicyclic) bond motifs is 1. The van der Waals surface area contributed by atoms with E-state index in [1.54, 1.807) is 0 Å². The summed E-state index contributed by atoms with van der Waals surface area (Å²) in [6.45, 7) is 6.92. The molecule has 2 fully saturated rings. The molecule has 1 aromatic rings. The van der Waals surface area contributed by atoms with Gasteiger partial charge in [0, 0.05) is 37.9 Å². The highest BCUT2D eigenvalue weighted by atomic mass is 15.3. The number of piperazine rings is 1. The molecule has 1 aromatic heterocycles. The summed E-state index contributed by atoms with van der Waals surface area (Å²) in [7, 11) is 1.99.